The van der Waals surface area contributed by atoms with E-state index in [0.717, 1.165) is 24.1 Å². The van der Waals surface area contributed by atoms with Crippen LogP contribution in [-0.4, -0.2) is 16.6 Å². The van der Waals surface area contributed by atoms with Crippen LogP contribution in [0.3, 0.4) is 0 Å². The smallest absolute Gasteiger partial charge is 0.240 e. The first kappa shape index (κ1) is 18.6. The third-order valence-corrected chi connectivity index (χ3v) is 5.75. The van der Waals surface area contributed by atoms with E-state index in [1.165, 1.54) is 17.6 Å². The fourth-order valence-corrected chi connectivity index (χ4v) is 4.25. The molecule has 3 rings (SSSR count). The summed E-state index contributed by atoms with van der Waals surface area (Å²) in [6.45, 7) is 10.6. The van der Waals surface area contributed by atoms with E-state index in [9.17, 15) is 4.79 Å². The average molecular weight is 351 g/mol. The molecule has 138 valence electrons. The van der Waals surface area contributed by atoms with E-state index >= 15 is 0 Å². The predicted octanol–water partition coefficient (Wildman–Crippen LogP) is 5.58. The molecule has 0 saturated heterocycles. The minimum Gasteiger partial charge on any atom is -0.273 e. The molecule has 1 heterocycles. The molecule has 0 radical (unpaired) electrons. The van der Waals surface area contributed by atoms with E-state index in [-0.39, 0.29) is 17.4 Å². The van der Waals surface area contributed by atoms with Gasteiger partial charge in [0.05, 0.1) is 11.8 Å². The number of rotatable bonds is 3. The summed E-state index contributed by atoms with van der Waals surface area (Å²) >= 11 is 0. The molecule has 1 amide bonds. The zero-order valence-electron chi connectivity index (χ0n) is 16.6. The molecule has 0 aromatic heterocycles. The van der Waals surface area contributed by atoms with Crippen molar-refractivity contribution in [2.24, 2.45) is 16.4 Å². The van der Waals surface area contributed by atoms with Gasteiger partial charge in [-0.1, -0.05) is 61.4 Å². The highest BCUT2D eigenvalue weighted by atomic mass is 16.2. The standard InChI is InChI=1S/C23H30N2O/c1-16-8-6-10-19(14-16)22-15-20(24-25(22)18(3)26)11-12-21-17(2)9-7-13-23(21,4)5/h6,8-12,14,21-22H,7,13,15H2,1-5H3/b12-11+. The number of hydrazone groups is 1. The Labute approximate surface area is 157 Å². The number of aryl methyl sites for hydroxylation is 1. The highest BCUT2D eigenvalue weighted by Gasteiger charge is 2.32. The van der Waals surface area contributed by atoms with Crippen LogP contribution in [0.4, 0.5) is 0 Å². The molecule has 0 N–H and O–H groups in total. The summed E-state index contributed by atoms with van der Waals surface area (Å²) < 4.78 is 0. The normalized spacial score (nSPS) is 25.3. The minimum atomic E-state index is -0.00558. The van der Waals surface area contributed by atoms with Crippen LogP contribution in [0.2, 0.25) is 0 Å². The molecule has 1 aromatic rings. The van der Waals surface area contributed by atoms with Crippen molar-refractivity contribution in [2.45, 2.75) is 59.9 Å². The number of hydrogen-bond acceptors (Lipinski definition) is 2. The van der Waals surface area contributed by atoms with Crippen molar-refractivity contribution < 1.29 is 4.79 Å². The average Bonchev–Trinajstić information content (AvgIpc) is 2.98. The summed E-state index contributed by atoms with van der Waals surface area (Å²) in [7, 11) is 0. The van der Waals surface area contributed by atoms with Gasteiger partial charge >= 0.3 is 0 Å². The van der Waals surface area contributed by atoms with Crippen LogP contribution in [0, 0.1) is 18.3 Å². The second kappa shape index (κ2) is 7.22. The van der Waals surface area contributed by atoms with Crippen LogP contribution in [0.15, 0.2) is 53.2 Å². The Morgan fingerprint density at radius 1 is 1.31 bits per heavy atom. The topological polar surface area (TPSA) is 32.7 Å². The Kier molecular flexibility index (Phi) is 5.17. The molecule has 1 aromatic carbocycles. The lowest BCUT2D eigenvalue weighted by Crippen LogP contribution is -2.26. The van der Waals surface area contributed by atoms with E-state index in [4.69, 9.17) is 0 Å². The van der Waals surface area contributed by atoms with Crippen molar-refractivity contribution in [3.05, 3.63) is 59.2 Å². The highest BCUT2D eigenvalue weighted by Crippen LogP contribution is 2.42. The Morgan fingerprint density at radius 3 is 2.73 bits per heavy atom. The van der Waals surface area contributed by atoms with Gasteiger partial charge in [-0.15, -0.1) is 0 Å². The maximum Gasteiger partial charge on any atom is 0.240 e. The van der Waals surface area contributed by atoms with E-state index in [2.05, 4.69) is 75.3 Å². The third kappa shape index (κ3) is 3.82. The number of benzene rings is 1. The lowest BCUT2D eigenvalue weighted by Gasteiger charge is -2.36. The molecule has 2 atom stereocenters. The van der Waals surface area contributed by atoms with E-state index in [0.29, 0.717) is 5.92 Å². The van der Waals surface area contributed by atoms with E-state index < -0.39 is 0 Å². The summed E-state index contributed by atoms with van der Waals surface area (Å²) in [5.41, 5.74) is 5.06. The van der Waals surface area contributed by atoms with Crippen molar-refractivity contribution in [1.82, 2.24) is 5.01 Å². The van der Waals surface area contributed by atoms with Crippen LogP contribution in [0.5, 0.6) is 0 Å². The van der Waals surface area contributed by atoms with Crippen LogP contribution in [0.1, 0.15) is 64.1 Å². The maximum absolute atomic E-state index is 12.1. The number of hydrogen-bond donors (Lipinski definition) is 0. The Bertz CT molecular complexity index is 785. The van der Waals surface area contributed by atoms with Gasteiger partial charge in [0.15, 0.2) is 0 Å². The van der Waals surface area contributed by atoms with Crippen LogP contribution in [0.25, 0.3) is 0 Å². The third-order valence-electron chi connectivity index (χ3n) is 5.75. The first-order valence-electron chi connectivity index (χ1n) is 9.56. The van der Waals surface area contributed by atoms with Crippen molar-refractivity contribution >= 4 is 11.6 Å². The second-order valence-corrected chi connectivity index (χ2v) is 8.40. The summed E-state index contributed by atoms with van der Waals surface area (Å²) in [5, 5.41) is 6.27. The predicted molar refractivity (Wildman–Crippen MR) is 108 cm³/mol. The molecular weight excluding hydrogens is 320 g/mol. The number of carbonyl (C=O) groups is 1. The minimum absolute atomic E-state index is 0.00283. The summed E-state index contributed by atoms with van der Waals surface area (Å²) in [5.74, 6) is 0.428. The van der Waals surface area contributed by atoms with Crippen LogP contribution < -0.4 is 0 Å². The molecule has 0 spiro atoms. The quantitative estimate of drug-likeness (QED) is 0.655. The molecule has 3 nitrogen and oxygen atoms in total. The second-order valence-electron chi connectivity index (χ2n) is 8.40. The number of carbonyl (C=O) groups excluding carboxylic acids is 1. The summed E-state index contributed by atoms with van der Waals surface area (Å²) in [6, 6.07) is 8.38. The van der Waals surface area contributed by atoms with Crippen molar-refractivity contribution in [1.29, 1.82) is 0 Å². The molecule has 0 fully saturated rings. The molecule has 0 bridgehead atoms. The Hall–Kier alpha value is -2.16. The van der Waals surface area contributed by atoms with Gasteiger partial charge in [0.25, 0.3) is 0 Å². The SMILES string of the molecule is CC(=O)N1N=C(/C=C/C2C(C)=CCCC2(C)C)CC1c1cccc(C)c1. The van der Waals surface area contributed by atoms with Crippen molar-refractivity contribution in [2.75, 3.05) is 0 Å². The van der Waals surface area contributed by atoms with Gasteiger partial charge in [-0.05, 0) is 43.7 Å². The lowest BCUT2D eigenvalue weighted by molar-refractivity contribution is -0.130. The van der Waals surface area contributed by atoms with Crippen molar-refractivity contribution in [3.63, 3.8) is 0 Å². The molecule has 2 unspecified atom stereocenters. The summed E-state index contributed by atoms with van der Waals surface area (Å²) in [4.78, 5) is 12.1. The fourth-order valence-electron chi connectivity index (χ4n) is 4.25. The molecule has 3 heteroatoms. The number of allylic oxidation sites excluding steroid dienone is 4. The number of amides is 1. The molecular formula is C23H30N2O. The first-order valence-corrected chi connectivity index (χ1v) is 9.56. The molecule has 1 aliphatic heterocycles. The van der Waals surface area contributed by atoms with Gasteiger partial charge in [-0.2, -0.15) is 5.10 Å². The van der Waals surface area contributed by atoms with E-state index in [1.807, 2.05) is 0 Å². The molecule has 0 saturated carbocycles. The fraction of sp³-hybridized carbons (Fsp3) is 0.478. The van der Waals surface area contributed by atoms with Gasteiger partial charge in [0, 0.05) is 19.3 Å². The van der Waals surface area contributed by atoms with E-state index in [1.54, 1.807) is 11.9 Å². The molecule has 1 aliphatic carbocycles. The Morgan fingerprint density at radius 2 is 2.08 bits per heavy atom. The monoisotopic (exact) mass is 350 g/mol. The van der Waals surface area contributed by atoms with Gasteiger partial charge in [0.1, 0.15) is 0 Å². The lowest BCUT2D eigenvalue weighted by atomic mass is 9.68. The van der Waals surface area contributed by atoms with Crippen LogP contribution >= 0.6 is 0 Å². The van der Waals surface area contributed by atoms with Gasteiger partial charge in [-0.3, -0.25) is 4.79 Å². The first-order chi connectivity index (χ1) is 12.3. The van der Waals surface area contributed by atoms with Gasteiger partial charge in [0.2, 0.25) is 5.91 Å². The van der Waals surface area contributed by atoms with Gasteiger partial charge in [-0.25, -0.2) is 5.01 Å². The number of nitrogens with zero attached hydrogens (tertiary/aromatic N) is 2. The molecule has 2 aliphatic rings. The van der Waals surface area contributed by atoms with Crippen molar-refractivity contribution in [3.8, 4) is 0 Å². The zero-order valence-corrected chi connectivity index (χ0v) is 16.6. The molecule has 26 heavy (non-hydrogen) atoms. The largest absolute Gasteiger partial charge is 0.273 e. The summed E-state index contributed by atoms with van der Waals surface area (Å²) in [6.07, 6.45) is 9.93. The maximum atomic E-state index is 12.1. The van der Waals surface area contributed by atoms with Crippen LogP contribution in [-0.2, 0) is 4.79 Å². The van der Waals surface area contributed by atoms with Gasteiger partial charge < -0.3 is 0 Å². The highest BCUT2D eigenvalue weighted by molar-refractivity contribution is 5.98. The Balaban J connectivity index is 1.83. The zero-order chi connectivity index (χ0) is 18.9.